The van der Waals surface area contributed by atoms with Crippen LogP contribution in [0.15, 0.2) is 29.5 Å². The van der Waals surface area contributed by atoms with E-state index in [1.165, 1.54) is 10.9 Å². The Morgan fingerprint density at radius 2 is 2.25 bits per heavy atom. The van der Waals surface area contributed by atoms with Gasteiger partial charge in [-0.05, 0) is 12.1 Å². The second kappa shape index (κ2) is 5.01. The monoisotopic (exact) mass is 274 g/mol. The number of likely N-dealkylation sites (N-methyl/N-ethyl adjacent to an activating group) is 1. The van der Waals surface area contributed by atoms with Gasteiger partial charge in [-0.15, -0.1) is 0 Å². The maximum Gasteiger partial charge on any atom is 0.262 e. The van der Waals surface area contributed by atoms with Crippen molar-refractivity contribution in [2.24, 2.45) is 0 Å². The predicted octanol–water partition coefficient (Wildman–Crippen LogP) is -0.351. The van der Waals surface area contributed by atoms with Crippen molar-refractivity contribution in [1.82, 2.24) is 19.4 Å². The summed E-state index contributed by atoms with van der Waals surface area (Å²) in [5.41, 5.74) is 0.289. The first-order valence-corrected chi connectivity index (χ1v) is 6.31. The largest absolute Gasteiger partial charge is 0.365 e. The first-order valence-electron chi connectivity index (χ1n) is 6.31. The predicted molar refractivity (Wildman–Crippen MR) is 71.2 cm³/mol. The number of nitrogens with zero attached hydrogens (tertiary/aromatic N) is 4. The van der Waals surface area contributed by atoms with Crippen molar-refractivity contribution in [2.45, 2.75) is 12.6 Å². The summed E-state index contributed by atoms with van der Waals surface area (Å²) in [6.07, 6.45) is 2.87. The number of hydrogen-bond donors (Lipinski definition) is 0. The molecule has 1 saturated heterocycles. The number of hydrogen-bond acceptors (Lipinski definition) is 5. The molecule has 0 saturated carbocycles. The number of pyridine rings is 1. The lowest BCUT2D eigenvalue weighted by molar-refractivity contribution is -0.147. The van der Waals surface area contributed by atoms with Crippen molar-refractivity contribution in [3.05, 3.63) is 35.0 Å². The molecule has 104 valence electrons. The molecule has 3 heterocycles. The van der Waals surface area contributed by atoms with Crippen molar-refractivity contribution in [3.63, 3.8) is 0 Å². The molecule has 0 bridgehead atoms. The molecule has 20 heavy (non-hydrogen) atoms. The van der Waals surface area contributed by atoms with E-state index in [-0.39, 0.29) is 24.2 Å². The Bertz CT molecular complexity index is 712. The third-order valence-electron chi connectivity index (χ3n) is 3.34. The maximum atomic E-state index is 12.3. The first kappa shape index (κ1) is 12.7. The molecule has 2 aromatic heterocycles. The van der Waals surface area contributed by atoms with Gasteiger partial charge in [0.05, 0.1) is 18.0 Å². The molecule has 7 nitrogen and oxygen atoms in total. The van der Waals surface area contributed by atoms with Gasteiger partial charge < -0.3 is 9.64 Å². The van der Waals surface area contributed by atoms with Crippen molar-refractivity contribution in [3.8, 4) is 0 Å². The molecule has 3 rings (SSSR count). The van der Waals surface area contributed by atoms with E-state index in [0.29, 0.717) is 24.1 Å². The average Bonchev–Trinajstić information content (AvgIpc) is 2.46. The number of morpholine rings is 1. The summed E-state index contributed by atoms with van der Waals surface area (Å²) in [5.74, 6) is -0.0468. The number of fused-ring (bicyclic) bond motifs is 1. The van der Waals surface area contributed by atoms with Crippen LogP contribution < -0.4 is 5.56 Å². The van der Waals surface area contributed by atoms with Gasteiger partial charge in [0.2, 0.25) is 5.91 Å². The summed E-state index contributed by atoms with van der Waals surface area (Å²) in [6.45, 7) is 0.892. The first-order chi connectivity index (χ1) is 9.65. The number of amides is 1. The summed E-state index contributed by atoms with van der Waals surface area (Å²) < 4.78 is 6.94. The van der Waals surface area contributed by atoms with Gasteiger partial charge in [-0.2, -0.15) is 0 Å². The number of ether oxygens (including phenoxy) is 1. The van der Waals surface area contributed by atoms with Crippen LogP contribution in [0.3, 0.4) is 0 Å². The lowest BCUT2D eigenvalue weighted by Crippen LogP contribution is -2.46. The SMILES string of the molecule is CN1C[C@@H](Cn2cnc3ncccc3c2=O)OCC1=O. The van der Waals surface area contributed by atoms with E-state index in [1.54, 1.807) is 30.3 Å². The fourth-order valence-corrected chi connectivity index (χ4v) is 2.22. The Hall–Kier alpha value is -2.28. The molecule has 0 radical (unpaired) electrons. The van der Waals surface area contributed by atoms with Gasteiger partial charge in [-0.3, -0.25) is 14.2 Å². The van der Waals surface area contributed by atoms with Gasteiger partial charge in [0.1, 0.15) is 12.9 Å². The fraction of sp³-hybridized carbons (Fsp3) is 0.385. The normalized spacial score (nSPS) is 19.6. The lowest BCUT2D eigenvalue weighted by atomic mass is 10.2. The van der Waals surface area contributed by atoms with Gasteiger partial charge in [-0.25, -0.2) is 9.97 Å². The molecule has 0 unspecified atom stereocenters. The van der Waals surface area contributed by atoms with E-state index in [2.05, 4.69) is 9.97 Å². The third-order valence-corrected chi connectivity index (χ3v) is 3.34. The van der Waals surface area contributed by atoms with E-state index in [4.69, 9.17) is 4.74 Å². The van der Waals surface area contributed by atoms with Crippen molar-refractivity contribution >= 4 is 16.9 Å². The summed E-state index contributed by atoms with van der Waals surface area (Å²) >= 11 is 0. The zero-order valence-corrected chi connectivity index (χ0v) is 11.0. The van der Waals surface area contributed by atoms with Crippen LogP contribution in [-0.4, -0.2) is 51.6 Å². The summed E-state index contributed by atoms with van der Waals surface area (Å²) in [4.78, 5) is 33.4. The van der Waals surface area contributed by atoms with Crippen molar-refractivity contribution in [1.29, 1.82) is 0 Å². The molecule has 0 N–H and O–H groups in total. The highest BCUT2D eigenvalue weighted by Crippen LogP contribution is 2.07. The highest BCUT2D eigenvalue weighted by Gasteiger charge is 2.24. The number of carbonyl (C=O) groups excluding carboxylic acids is 1. The van der Waals surface area contributed by atoms with E-state index < -0.39 is 0 Å². The quantitative estimate of drug-likeness (QED) is 0.748. The van der Waals surface area contributed by atoms with Crippen LogP contribution in [0.2, 0.25) is 0 Å². The fourth-order valence-electron chi connectivity index (χ4n) is 2.22. The molecule has 2 aromatic rings. The van der Waals surface area contributed by atoms with Crippen LogP contribution in [0, 0.1) is 0 Å². The number of rotatable bonds is 2. The summed E-state index contributed by atoms with van der Waals surface area (Å²) in [5, 5.41) is 0.482. The minimum absolute atomic E-state index is 0.0468. The third kappa shape index (κ3) is 2.27. The Kier molecular flexibility index (Phi) is 3.19. The van der Waals surface area contributed by atoms with Crippen LogP contribution >= 0.6 is 0 Å². The molecular formula is C13H14N4O3. The van der Waals surface area contributed by atoms with Gasteiger partial charge in [0.25, 0.3) is 5.56 Å². The Morgan fingerprint density at radius 3 is 3.05 bits per heavy atom. The average molecular weight is 274 g/mol. The van der Waals surface area contributed by atoms with Crippen LogP contribution in [-0.2, 0) is 16.1 Å². The second-order valence-electron chi connectivity index (χ2n) is 4.78. The standard InChI is InChI=1S/C13H14N4O3/c1-16-5-9(20-7-11(16)18)6-17-8-15-12-10(13(17)19)3-2-4-14-12/h2-4,8-9H,5-7H2,1H3/t9-/m0/s1. The molecule has 1 aliphatic heterocycles. The van der Waals surface area contributed by atoms with E-state index in [0.717, 1.165) is 0 Å². The van der Waals surface area contributed by atoms with Crippen LogP contribution in [0.1, 0.15) is 0 Å². The minimum atomic E-state index is -0.202. The molecule has 1 aliphatic rings. The second-order valence-corrected chi connectivity index (χ2v) is 4.78. The van der Waals surface area contributed by atoms with E-state index in [9.17, 15) is 9.59 Å². The lowest BCUT2D eigenvalue weighted by Gasteiger charge is -2.30. The van der Waals surface area contributed by atoms with Crippen molar-refractivity contribution < 1.29 is 9.53 Å². The van der Waals surface area contributed by atoms with E-state index >= 15 is 0 Å². The number of aromatic nitrogens is 3. The van der Waals surface area contributed by atoms with Crippen LogP contribution in [0.5, 0.6) is 0 Å². The minimum Gasteiger partial charge on any atom is -0.365 e. The van der Waals surface area contributed by atoms with E-state index in [1.807, 2.05) is 0 Å². The summed E-state index contributed by atoms with van der Waals surface area (Å²) in [6, 6.07) is 3.41. The highest BCUT2D eigenvalue weighted by atomic mass is 16.5. The molecule has 1 fully saturated rings. The highest BCUT2D eigenvalue weighted by molar-refractivity contribution is 5.77. The molecule has 0 aromatic carbocycles. The maximum absolute atomic E-state index is 12.3. The molecular weight excluding hydrogens is 260 g/mol. The molecule has 1 atom stereocenters. The van der Waals surface area contributed by atoms with Gasteiger partial charge in [0, 0.05) is 19.8 Å². The topological polar surface area (TPSA) is 77.3 Å². The molecule has 0 spiro atoms. The van der Waals surface area contributed by atoms with Crippen LogP contribution in [0.25, 0.3) is 11.0 Å². The Balaban J connectivity index is 1.86. The van der Waals surface area contributed by atoms with Gasteiger partial charge in [-0.1, -0.05) is 0 Å². The Morgan fingerprint density at radius 1 is 1.40 bits per heavy atom. The van der Waals surface area contributed by atoms with Gasteiger partial charge >= 0.3 is 0 Å². The smallest absolute Gasteiger partial charge is 0.262 e. The number of carbonyl (C=O) groups is 1. The van der Waals surface area contributed by atoms with Crippen molar-refractivity contribution in [2.75, 3.05) is 20.2 Å². The summed E-state index contributed by atoms with van der Waals surface area (Å²) in [7, 11) is 1.73. The molecule has 7 heteroatoms. The molecule has 0 aliphatic carbocycles. The molecule has 1 amide bonds. The van der Waals surface area contributed by atoms with Crippen LogP contribution in [0.4, 0.5) is 0 Å². The Labute approximate surface area is 114 Å². The zero-order chi connectivity index (χ0) is 14.1. The van der Waals surface area contributed by atoms with Gasteiger partial charge in [0.15, 0.2) is 5.65 Å². The zero-order valence-electron chi connectivity index (χ0n) is 11.0.